The Bertz CT molecular complexity index is 1720. The van der Waals surface area contributed by atoms with Crippen LogP contribution in [0.3, 0.4) is 0 Å². The molecule has 2 aromatic rings. The van der Waals surface area contributed by atoms with Crippen LogP contribution in [0.4, 0.5) is 0 Å². The molecule has 5 atom stereocenters. The summed E-state index contributed by atoms with van der Waals surface area (Å²) in [5.74, 6) is -1.69. The van der Waals surface area contributed by atoms with E-state index in [1.54, 1.807) is 0 Å². The van der Waals surface area contributed by atoms with Crippen molar-refractivity contribution < 1.29 is 14.3 Å². The number of carbonyl (C=O) groups is 2. The molecule has 0 amide bonds. The maximum atomic E-state index is 13.8. The van der Waals surface area contributed by atoms with Gasteiger partial charge in [0, 0.05) is 5.57 Å². The molecule has 2 aromatic heterocycles. The number of fused-ring (bicyclic) bond motifs is 8. The quantitative estimate of drug-likeness (QED) is 0.325. The van der Waals surface area contributed by atoms with Gasteiger partial charge in [0.15, 0.2) is 5.78 Å². The van der Waals surface area contributed by atoms with Gasteiger partial charge in [0.05, 0.1) is 7.11 Å². The zero-order valence-corrected chi connectivity index (χ0v) is 26.2. The first-order valence-corrected chi connectivity index (χ1v) is 14.0. The van der Waals surface area contributed by atoms with Gasteiger partial charge >= 0.3 is 29.0 Å². The third kappa shape index (κ3) is 4.21. The van der Waals surface area contributed by atoms with Crippen LogP contribution in [0.15, 0.2) is 34.7 Å². The second-order valence-electron chi connectivity index (χ2n) is 11.3. The Hall–Kier alpha value is -3.23. The first-order chi connectivity index (χ1) is 19.1. The average Bonchev–Trinajstić information content (AvgIpc) is 3.66. The summed E-state index contributed by atoms with van der Waals surface area (Å²) in [5, 5.41) is 12.0. The van der Waals surface area contributed by atoms with Gasteiger partial charge in [0.1, 0.15) is 5.92 Å². The van der Waals surface area contributed by atoms with Gasteiger partial charge in [-0.25, -0.2) is 0 Å². The molecule has 3 aliphatic heterocycles. The fourth-order valence-corrected chi connectivity index (χ4v) is 6.76. The average molecular weight is 559 g/mol. The predicted octanol–water partition coefficient (Wildman–Crippen LogP) is 3.73. The van der Waals surface area contributed by atoms with Gasteiger partial charge in [-0.05, 0) is 44.6 Å². The van der Waals surface area contributed by atoms with Gasteiger partial charge in [0.2, 0.25) is 0 Å². The van der Waals surface area contributed by atoms with E-state index >= 15 is 0 Å². The van der Waals surface area contributed by atoms with Gasteiger partial charge in [-0.15, -0.1) is 33.9 Å². The number of carbonyl (C=O) groups excluding carboxylic acids is 2. The van der Waals surface area contributed by atoms with Crippen LogP contribution >= 0.6 is 0 Å². The second-order valence-corrected chi connectivity index (χ2v) is 11.3. The molecule has 0 N–H and O–H groups in total. The van der Waals surface area contributed by atoms with E-state index in [0.29, 0.717) is 16.8 Å². The van der Waals surface area contributed by atoms with Crippen LogP contribution < -0.4 is 20.7 Å². The fourth-order valence-electron chi connectivity index (χ4n) is 6.76. The Balaban J connectivity index is 0.00000337. The van der Waals surface area contributed by atoms with Crippen LogP contribution in [-0.2, 0) is 20.7 Å². The van der Waals surface area contributed by atoms with Crippen LogP contribution in [-0.4, -0.2) is 54.0 Å². The molecule has 1 saturated heterocycles. The third-order valence-electron chi connectivity index (χ3n) is 9.36. The molecule has 4 aliphatic rings. The number of methoxy groups -OCH3 is 1. The zero-order chi connectivity index (χ0) is 28.6. The zero-order valence-electron chi connectivity index (χ0n) is 24.8. The van der Waals surface area contributed by atoms with Crippen molar-refractivity contribution in [3.63, 3.8) is 0 Å². The van der Waals surface area contributed by atoms with Crippen molar-refractivity contribution in [1.29, 1.82) is 0 Å². The first-order valence-electron chi connectivity index (χ1n) is 14.0. The van der Waals surface area contributed by atoms with Gasteiger partial charge < -0.3 is 25.3 Å². The number of ketones is 1. The van der Waals surface area contributed by atoms with E-state index in [1.807, 2.05) is 31.2 Å². The number of ether oxygens (including phenoxy) is 1. The van der Waals surface area contributed by atoms with Crippen molar-refractivity contribution in [3.8, 4) is 0 Å². The van der Waals surface area contributed by atoms with E-state index in [2.05, 4.69) is 41.2 Å². The molecule has 208 valence electrons. The maximum absolute atomic E-state index is 13.8. The monoisotopic (exact) mass is 558 g/mol. The molecule has 41 heavy (non-hydrogen) atoms. The standard InChI is InChI=1S/C33H34N4O3.Mg/c1-9-19-16(5)22-11-21-14(3)15(4)30(36-21)28-29(33(39)40-8)32(38)27-18(7)24(37-31(27)28)13-26-20(10-2)17(6)23(35-26)12-25(19)34-22;/h9,11-15,24,29-30H,1,10H2,2-8H3;/q-4;+2/b21-11-,23-12-,26-13-;/t14-,15-,24?,29+,30?;/m0./s1. The molecule has 0 saturated carbocycles. The van der Waals surface area contributed by atoms with Gasteiger partial charge in [-0.2, -0.15) is 5.70 Å². The van der Waals surface area contributed by atoms with Crippen molar-refractivity contribution in [2.24, 2.45) is 17.8 Å². The third-order valence-corrected chi connectivity index (χ3v) is 9.36. The molecule has 7 nitrogen and oxygen atoms in total. The summed E-state index contributed by atoms with van der Waals surface area (Å²) >= 11 is 0. The van der Waals surface area contributed by atoms with Crippen LogP contribution in [0.5, 0.6) is 0 Å². The molecule has 2 unspecified atom stereocenters. The number of esters is 1. The minimum absolute atomic E-state index is 0. The molecule has 6 rings (SSSR count). The van der Waals surface area contributed by atoms with E-state index in [0.717, 1.165) is 62.0 Å². The molecule has 0 radical (unpaired) electrons. The molecule has 1 fully saturated rings. The smallest absolute Gasteiger partial charge is 0.681 e. The van der Waals surface area contributed by atoms with E-state index < -0.39 is 11.9 Å². The van der Waals surface area contributed by atoms with Crippen molar-refractivity contribution in [2.45, 2.75) is 60.0 Å². The summed E-state index contributed by atoms with van der Waals surface area (Å²) < 4.78 is 5.13. The van der Waals surface area contributed by atoms with Crippen LogP contribution in [0.1, 0.15) is 61.3 Å². The minimum Gasteiger partial charge on any atom is -0.681 e. The van der Waals surface area contributed by atoms with Crippen LogP contribution in [0.2, 0.25) is 0 Å². The topological polar surface area (TPSA) is 99.8 Å². The Kier molecular flexibility index (Phi) is 7.53. The van der Waals surface area contributed by atoms with Crippen molar-refractivity contribution in [2.75, 3.05) is 7.11 Å². The molecule has 1 aliphatic carbocycles. The first kappa shape index (κ1) is 29.3. The fraction of sp³-hybridized carbons (Fsp3) is 0.394. The number of aromatic nitrogens is 2. The Morgan fingerprint density at radius 2 is 1.78 bits per heavy atom. The van der Waals surface area contributed by atoms with Crippen molar-refractivity contribution in [3.05, 3.63) is 89.7 Å². The van der Waals surface area contributed by atoms with Gasteiger partial charge in [0.25, 0.3) is 0 Å². The molecular weight excluding hydrogens is 525 g/mol. The van der Waals surface area contributed by atoms with Gasteiger partial charge in [-0.3, -0.25) is 9.59 Å². The summed E-state index contributed by atoms with van der Waals surface area (Å²) in [6.45, 7) is 16.5. The van der Waals surface area contributed by atoms with Crippen molar-refractivity contribution >= 4 is 59.1 Å². The Labute approximate surface area is 257 Å². The predicted molar refractivity (Wildman–Crippen MR) is 162 cm³/mol. The summed E-state index contributed by atoms with van der Waals surface area (Å²) in [6, 6.07) is -0.719. The molecule has 8 heteroatoms. The van der Waals surface area contributed by atoms with Crippen molar-refractivity contribution in [1.82, 2.24) is 9.97 Å². The van der Waals surface area contributed by atoms with Crippen LogP contribution in [0.25, 0.3) is 34.9 Å². The van der Waals surface area contributed by atoms with E-state index in [4.69, 9.17) is 25.3 Å². The number of rotatable bonds is 3. The number of nitrogens with zero attached hydrogens (tertiary/aromatic N) is 4. The number of hydrogen-bond acceptors (Lipinski definition) is 3. The minimum atomic E-state index is -1.03. The molecule has 0 spiro atoms. The van der Waals surface area contributed by atoms with Gasteiger partial charge in [-0.1, -0.05) is 85.5 Å². The van der Waals surface area contributed by atoms with Crippen LogP contribution in [0, 0.1) is 31.6 Å². The largest absolute Gasteiger partial charge is 2.00 e. The molecule has 0 aromatic carbocycles. The Morgan fingerprint density at radius 1 is 1.05 bits per heavy atom. The molecule has 8 bridgehead atoms. The summed E-state index contributed by atoms with van der Waals surface area (Å²) in [7, 11) is 1.32. The summed E-state index contributed by atoms with van der Waals surface area (Å²) in [4.78, 5) is 36.9. The van der Waals surface area contributed by atoms with E-state index in [9.17, 15) is 9.59 Å². The van der Waals surface area contributed by atoms with E-state index in [-0.39, 0.29) is 52.8 Å². The maximum Gasteiger partial charge on any atom is 2.00 e. The summed E-state index contributed by atoms with van der Waals surface area (Å²) in [5.41, 5.74) is 9.46. The summed E-state index contributed by atoms with van der Waals surface area (Å²) in [6.07, 6.45) is 8.80. The molecular formula is C33H34MgN4O3-2. The van der Waals surface area contributed by atoms with E-state index in [1.165, 1.54) is 7.11 Å². The Morgan fingerprint density at radius 3 is 2.44 bits per heavy atom. The number of Topliss-reactive ketones (excluding diaryl/α,β-unsaturated/α-hetero) is 1. The molecule has 5 heterocycles. The number of hydrogen-bond donors (Lipinski definition) is 0. The normalized spacial score (nSPS) is 29.0. The number of allylic oxidation sites excluding steroid dienone is 2. The SMILES string of the molecule is C=Cc1c2[n-]c(c1C)/C=C1\[N-]C(C3=C4[N-]C(/C=c5\[n-]/c(c(C)c5CC)=C\2)C(C)=C4C(=O)[C@@H]3C(=O)OC)[C@@H](C)[C@@H]1C.[Mg+2]. The second kappa shape index (κ2) is 10.6.